The van der Waals surface area contributed by atoms with Gasteiger partial charge in [-0.25, -0.2) is 0 Å². The maximum absolute atomic E-state index is 3.44. The van der Waals surface area contributed by atoms with Crippen LogP contribution in [-0.4, -0.2) is 0 Å². The molecule has 0 spiro atoms. The Kier molecular flexibility index (Phi) is 3.92. The van der Waals surface area contributed by atoms with E-state index in [1.54, 1.807) is 0 Å². The molecule has 21 heavy (non-hydrogen) atoms. The largest absolute Gasteiger partial charge is 0.382 e. The van der Waals surface area contributed by atoms with E-state index in [4.69, 9.17) is 0 Å². The molecule has 105 valence electrons. The molecule has 0 saturated heterocycles. The number of rotatable bonds is 1. The number of benzene rings is 3. The minimum absolute atomic E-state index is 0. The first-order chi connectivity index (χ1) is 9.93. The van der Waals surface area contributed by atoms with E-state index in [2.05, 4.69) is 66.0 Å². The summed E-state index contributed by atoms with van der Waals surface area (Å²) in [6, 6.07) is 24.6. The van der Waals surface area contributed by atoms with Crippen LogP contribution in [0.25, 0.3) is 16.8 Å². The fourth-order valence-corrected chi connectivity index (χ4v) is 2.91. The number of hydrogen-bond donors (Lipinski definition) is 1. The van der Waals surface area contributed by atoms with Crippen LogP contribution in [0.15, 0.2) is 66.9 Å². The third kappa shape index (κ3) is 2.42. The van der Waals surface area contributed by atoms with Crippen LogP contribution in [0.2, 0.25) is 0 Å². The number of hydrogen-bond acceptors (Lipinski definition) is 1. The molecule has 0 amide bonds. The molecule has 1 heterocycles. The average molecular weight is 449 g/mol. The molecule has 1 unspecified atom stereocenters. The third-order valence-electron chi connectivity index (χ3n) is 3.87. The van der Waals surface area contributed by atoms with E-state index in [0.29, 0.717) is 0 Å². The minimum Gasteiger partial charge on any atom is -0.382 e. The summed E-state index contributed by atoms with van der Waals surface area (Å²) in [4.78, 5) is 0. The molecule has 4 rings (SSSR count). The van der Waals surface area contributed by atoms with Gasteiger partial charge in [0.2, 0.25) is 0 Å². The van der Waals surface area contributed by atoms with Crippen molar-refractivity contribution in [2.45, 2.75) is 6.04 Å². The van der Waals surface area contributed by atoms with Gasteiger partial charge in [0.25, 0.3) is 0 Å². The maximum atomic E-state index is 3.44. The van der Waals surface area contributed by atoms with E-state index < -0.39 is 0 Å². The van der Waals surface area contributed by atoms with Gasteiger partial charge in [-0.3, -0.25) is 0 Å². The number of nitrogens with one attached hydrogen (secondary N) is 1. The Bertz CT molecular complexity index is 793. The summed E-state index contributed by atoms with van der Waals surface area (Å²) in [6.45, 7) is 0. The van der Waals surface area contributed by atoms with Gasteiger partial charge < -0.3 is 5.32 Å². The van der Waals surface area contributed by atoms with E-state index in [-0.39, 0.29) is 26.1 Å². The van der Waals surface area contributed by atoms with Gasteiger partial charge in [0.15, 0.2) is 0 Å². The Morgan fingerprint density at radius 2 is 1.76 bits per heavy atom. The van der Waals surface area contributed by atoms with Crippen molar-refractivity contribution in [1.29, 1.82) is 0 Å². The predicted molar refractivity (Wildman–Crippen MR) is 83.2 cm³/mol. The van der Waals surface area contributed by atoms with Crippen molar-refractivity contribution in [2.24, 2.45) is 0 Å². The molecule has 0 saturated carbocycles. The van der Waals surface area contributed by atoms with Gasteiger partial charge in [-0.2, -0.15) is 30.3 Å². The van der Waals surface area contributed by atoms with Gasteiger partial charge >= 0.3 is 0 Å². The summed E-state index contributed by atoms with van der Waals surface area (Å²) in [5, 5.41) is 6.04. The van der Waals surface area contributed by atoms with Gasteiger partial charge in [-0.1, -0.05) is 36.4 Å². The smallest absolute Gasteiger partial charge is 0.0544 e. The molecule has 1 aliphatic heterocycles. The Morgan fingerprint density at radius 1 is 0.905 bits per heavy atom. The summed E-state index contributed by atoms with van der Waals surface area (Å²) in [5.41, 5.74) is 3.80. The van der Waals surface area contributed by atoms with E-state index in [9.17, 15) is 0 Å². The number of fused-ring (bicyclic) bond motifs is 3. The van der Waals surface area contributed by atoms with Crippen molar-refractivity contribution >= 4 is 16.8 Å². The van der Waals surface area contributed by atoms with E-state index in [1.165, 1.54) is 27.5 Å². The molecule has 3 aromatic carbocycles. The van der Waals surface area contributed by atoms with Crippen LogP contribution < -0.4 is 5.32 Å². The zero-order valence-electron chi connectivity index (χ0n) is 11.3. The second-order valence-corrected chi connectivity index (χ2v) is 5.04. The molecule has 1 radical (unpaired) electrons. The predicted octanol–water partition coefficient (Wildman–Crippen LogP) is 4.30. The SMILES string of the molecule is [Ir].[c-]1ccccc1C1NC=Cc2c1ccc1ccccc21. The van der Waals surface area contributed by atoms with Crippen LogP contribution in [0.4, 0.5) is 0 Å². The summed E-state index contributed by atoms with van der Waals surface area (Å²) >= 11 is 0. The van der Waals surface area contributed by atoms with Gasteiger partial charge in [0.05, 0.1) is 6.04 Å². The van der Waals surface area contributed by atoms with Crippen LogP contribution in [0.1, 0.15) is 22.7 Å². The Hall–Kier alpha value is -1.89. The first-order valence-electron chi connectivity index (χ1n) is 6.84. The fraction of sp³-hybridized carbons (Fsp3) is 0.0526. The summed E-state index contributed by atoms with van der Waals surface area (Å²) < 4.78 is 0. The maximum Gasteiger partial charge on any atom is 0.0544 e. The average Bonchev–Trinajstić information content (AvgIpc) is 2.55. The Morgan fingerprint density at radius 3 is 2.62 bits per heavy atom. The second-order valence-electron chi connectivity index (χ2n) is 5.04. The summed E-state index contributed by atoms with van der Waals surface area (Å²) in [6.07, 6.45) is 4.21. The van der Waals surface area contributed by atoms with Gasteiger partial charge in [0, 0.05) is 20.1 Å². The Labute approximate surface area is 138 Å². The minimum atomic E-state index is 0. The Balaban J connectivity index is 0.00000132. The molecule has 0 bridgehead atoms. The van der Waals surface area contributed by atoms with Crippen molar-refractivity contribution in [3.63, 3.8) is 0 Å². The molecular weight excluding hydrogens is 434 g/mol. The molecule has 1 N–H and O–H groups in total. The van der Waals surface area contributed by atoms with Crippen LogP contribution in [0.3, 0.4) is 0 Å². The van der Waals surface area contributed by atoms with E-state index >= 15 is 0 Å². The standard InChI is InChI=1S/C19H14N.Ir/c1-2-7-15(8-3-1)19-18-11-10-14-6-4-5-9-16(14)17(18)12-13-20-19;/h1-7,9-13,19-20H;/q-1;. The third-order valence-corrected chi connectivity index (χ3v) is 3.87. The van der Waals surface area contributed by atoms with E-state index in [0.717, 1.165) is 0 Å². The molecule has 2 heteroatoms. The van der Waals surface area contributed by atoms with Crippen molar-refractivity contribution in [1.82, 2.24) is 5.32 Å². The van der Waals surface area contributed by atoms with Crippen molar-refractivity contribution < 1.29 is 20.1 Å². The zero-order valence-corrected chi connectivity index (χ0v) is 13.7. The van der Waals surface area contributed by atoms with Crippen LogP contribution in [0, 0.1) is 6.07 Å². The first-order valence-corrected chi connectivity index (χ1v) is 6.84. The molecule has 1 atom stereocenters. The van der Waals surface area contributed by atoms with Gasteiger partial charge in [0.1, 0.15) is 0 Å². The van der Waals surface area contributed by atoms with Gasteiger partial charge in [-0.15, -0.1) is 5.56 Å². The van der Waals surface area contributed by atoms with Crippen molar-refractivity contribution in [3.05, 3.63) is 89.6 Å². The van der Waals surface area contributed by atoms with Crippen molar-refractivity contribution in [3.8, 4) is 0 Å². The molecule has 0 aliphatic carbocycles. The van der Waals surface area contributed by atoms with Crippen molar-refractivity contribution in [2.75, 3.05) is 0 Å². The van der Waals surface area contributed by atoms with Crippen LogP contribution >= 0.6 is 0 Å². The molecule has 1 nitrogen and oxygen atoms in total. The summed E-state index contributed by atoms with van der Waals surface area (Å²) in [7, 11) is 0. The molecule has 3 aromatic rings. The zero-order chi connectivity index (χ0) is 13.4. The van der Waals surface area contributed by atoms with Crippen LogP contribution in [-0.2, 0) is 20.1 Å². The monoisotopic (exact) mass is 449 g/mol. The second kappa shape index (κ2) is 5.85. The molecule has 0 aromatic heterocycles. The molecule has 0 fully saturated rings. The topological polar surface area (TPSA) is 12.0 Å². The first kappa shape index (κ1) is 14.1. The normalized spacial score (nSPS) is 15.9. The van der Waals surface area contributed by atoms with Crippen LogP contribution in [0.5, 0.6) is 0 Å². The van der Waals surface area contributed by atoms with Gasteiger partial charge in [-0.05, 0) is 34.2 Å². The molecular formula is C19H14IrN-. The fourth-order valence-electron chi connectivity index (χ4n) is 2.91. The van der Waals surface area contributed by atoms with E-state index in [1.807, 2.05) is 18.3 Å². The summed E-state index contributed by atoms with van der Waals surface area (Å²) in [5.74, 6) is 0. The molecule has 1 aliphatic rings. The quantitative estimate of drug-likeness (QED) is 0.548.